The van der Waals surface area contributed by atoms with Gasteiger partial charge in [0.05, 0.1) is 20.6 Å². The van der Waals surface area contributed by atoms with E-state index in [0.717, 1.165) is 9.87 Å². The SMILES string of the molecule is CC[C@H](C(=O)NC(C)C)N(Cc1ccc(Cl)c(Cl)c1)C(=O)CN(c1cccc(C)c1)S(=O)(=O)c1ccc(Cl)cc1. The number of benzene rings is 3. The number of hydrogen-bond donors (Lipinski definition) is 1. The maximum Gasteiger partial charge on any atom is 0.264 e. The lowest BCUT2D eigenvalue weighted by atomic mass is 10.1. The number of rotatable bonds is 11. The molecule has 3 aromatic rings. The van der Waals surface area contributed by atoms with E-state index in [9.17, 15) is 18.0 Å². The summed E-state index contributed by atoms with van der Waals surface area (Å²) in [5.41, 5.74) is 1.77. The molecule has 7 nitrogen and oxygen atoms in total. The van der Waals surface area contributed by atoms with E-state index >= 15 is 0 Å². The fourth-order valence-electron chi connectivity index (χ4n) is 4.18. The van der Waals surface area contributed by atoms with Crippen molar-refractivity contribution < 1.29 is 18.0 Å². The smallest absolute Gasteiger partial charge is 0.264 e. The molecule has 0 fully saturated rings. The highest BCUT2D eigenvalue weighted by atomic mass is 35.5. The molecule has 40 heavy (non-hydrogen) atoms. The summed E-state index contributed by atoms with van der Waals surface area (Å²) in [6, 6.07) is 16.5. The third-order valence-electron chi connectivity index (χ3n) is 6.12. The van der Waals surface area contributed by atoms with Crippen LogP contribution in [0.15, 0.2) is 71.6 Å². The van der Waals surface area contributed by atoms with Crippen LogP contribution in [0.1, 0.15) is 38.3 Å². The van der Waals surface area contributed by atoms with Gasteiger partial charge in [-0.05, 0) is 86.8 Å². The number of nitrogens with zero attached hydrogens (tertiary/aromatic N) is 2. The minimum Gasteiger partial charge on any atom is -0.352 e. The van der Waals surface area contributed by atoms with Crippen LogP contribution in [-0.4, -0.2) is 43.8 Å². The maximum absolute atomic E-state index is 14.1. The molecule has 3 aromatic carbocycles. The van der Waals surface area contributed by atoms with Gasteiger partial charge in [0.2, 0.25) is 11.8 Å². The molecule has 3 rings (SSSR count). The first-order chi connectivity index (χ1) is 18.8. The Morgan fingerprint density at radius 1 is 0.925 bits per heavy atom. The van der Waals surface area contributed by atoms with E-state index in [1.807, 2.05) is 26.8 Å². The molecule has 11 heteroatoms. The van der Waals surface area contributed by atoms with Gasteiger partial charge in [-0.2, -0.15) is 0 Å². The third kappa shape index (κ3) is 7.91. The minimum absolute atomic E-state index is 0.0163. The summed E-state index contributed by atoms with van der Waals surface area (Å²) in [5.74, 6) is -0.899. The normalized spacial score (nSPS) is 12.2. The molecule has 0 heterocycles. The summed E-state index contributed by atoms with van der Waals surface area (Å²) in [6.07, 6.45) is 0.306. The predicted molar refractivity (Wildman–Crippen MR) is 162 cm³/mol. The third-order valence-corrected chi connectivity index (χ3v) is 8.90. The molecule has 214 valence electrons. The quantitative estimate of drug-likeness (QED) is 0.265. The first-order valence-corrected chi connectivity index (χ1v) is 15.3. The predicted octanol–water partition coefficient (Wildman–Crippen LogP) is 6.48. The van der Waals surface area contributed by atoms with E-state index < -0.39 is 28.5 Å². The van der Waals surface area contributed by atoms with Crippen molar-refractivity contribution in [2.75, 3.05) is 10.8 Å². The lowest BCUT2D eigenvalue weighted by Gasteiger charge is -2.33. The summed E-state index contributed by atoms with van der Waals surface area (Å²) in [4.78, 5) is 28.6. The Morgan fingerprint density at radius 2 is 1.60 bits per heavy atom. The zero-order chi connectivity index (χ0) is 29.6. The summed E-state index contributed by atoms with van der Waals surface area (Å²) < 4.78 is 28.8. The van der Waals surface area contributed by atoms with Gasteiger partial charge in [0.25, 0.3) is 10.0 Å². The van der Waals surface area contributed by atoms with Gasteiger partial charge >= 0.3 is 0 Å². The van der Waals surface area contributed by atoms with Gasteiger partial charge in [0, 0.05) is 17.6 Å². The molecule has 0 bridgehead atoms. The average molecular weight is 625 g/mol. The minimum atomic E-state index is -4.19. The number of carbonyl (C=O) groups is 2. The van der Waals surface area contributed by atoms with E-state index in [-0.39, 0.29) is 23.4 Å². The van der Waals surface area contributed by atoms with E-state index in [1.54, 1.807) is 43.3 Å². The van der Waals surface area contributed by atoms with Crippen molar-refractivity contribution in [3.8, 4) is 0 Å². The van der Waals surface area contributed by atoms with E-state index in [4.69, 9.17) is 34.8 Å². The second-order valence-electron chi connectivity index (χ2n) is 9.66. The number of halogens is 3. The standard InChI is InChI=1S/C29H32Cl3N3O4S/c1-5-27(29(37)33-19(2)3)34(17-21-9-14-25(31)26(32)16-21)28(36)18-35(23-8-6-7-20(4)15-23)40(38,39)24-12-10-22(30)11-13-24/h6-16,19,27H,5,17-18H2,1-4H3,(H,33,37)/t27-/m1/s1. The van der Waals surface area contributed by atoms with Crippen molar-refractivity contribution in [2.24, 2.45) is 0 Å². The van der Waals surface area contributed by atoms with Crippen LogP contribution in [0, 0.1) is 6.92 Å². The Balaban J connectivity index is 2.08. The van der Waals surface area contributed by atoms with Crippen LogP contribution in [0.2, 0.25) is 15.1 Å². The van der Waals surface area contributed by atoms with E-state index in [0.29, 0.717) is 32.7 Å². The summed E-state index contributed by atoms with van der Waals surface area (Å²) in [7, 11) is -4.19. The van der Waals surface area contributed by atoms with Crippen LogP contribution in [0.3, 0.4) is 0 Å². The van der Waals surface area contributed by atoms with Crippen molar-refractivity contribution in [3.05, 3.63) is 92.9 Å². The molecule has 0 radical (unpaired) electrons. The highest BCUT2D eigenvalue weighted by molar-refractivity contribution is 7.92. The molecular formula is C29H32Cl3N3O4S. The average Bonchev–Trinajstić information content (AvgIpc) is 2.88. The van der Waals surface area contributed by atoms with Gasteiger partial charge < -0.3 is 10.2 Å². The molecule has 0 aromatic heterocycles. The molecule has 0 spiro atoms. The van der Waals surface area contributed by atoms with Gasteiger partial charge in [0.1, 0.15) is 12.6 Å². The van der Waals surface area contributed by atoms with Crippen molar-refractivity contribution in [1.29, 1.82) is 0 Å². The highest BCUT2D eigenvalue weighted by Gasteiger charge is 2.34. The number of anilines is 1. The second kappa shape index (κ2) is 13.7. The number of carbonyl (C=O) groups excluding carboxylic acids is 2. The first kappa shape index (κ1) is 31.7. The zero-order valence-electron chi connectivity index (χ0n) is 22.7. The summed E-state index contributed by atoms with van der Waals surface area (Å²) in [5, 5.41) is 3.90. The number of hydrogen-bond acceptors (Lipinski definition) is 4. The molecule has 1 N–H and O–H groups in total. The Bertz CT molecular complexity index is 1460. The molecule has 0 aliphatic rings. The lowest BCUT2D eigenvalue weighted by molar-refractivity contribution is -0.140. The van der Waals surface area contributed by atoms with Gasteiger partial charge in [-0.25, -0.2) is 8.42 Å². The summed E-state index contributed by atoms with van der Waals surface area (Å²) >= 11 is 18.3. The molecular weight excluding hydrogens is 593 g/mol. The van der Waals surface area contributed by atoms with Gasteiger partial charge in [-0.3, -0.25) is 13.9 Å². The number of nitrogens with one attached hydrogen (secondary N) is 1. The van der Waals surface area contributed by atoms with Crippen molar-refractivity contribution in [3.63, 3.8) is 0 Å². The number of aryl methyl sites for hydroxylation is 1. The van der Waals surface area contributed by atoms with Crippen molar-refractivity contribution >= 4 is 62.3 Å². The van der Waals surface area contributed by atoms with Crippen LogP contribution in [0.4, 0.5) is 5.69 Å². The Morgan fingerprint density at radius 3 is 2.17 bits per heavy atom. The molecule has 0 aliphatic heterocycles. The highest BCUT2D eigenvalue weighted by Crippen LogP contribution is 2.27. The molecule has 2 amide bonds. The van der Waals surface area contributed by atoms with Gasteiger partial charge in [-0.15, -0.1) is 0 Å². The largest absolute Gasteiger partial charge is 0.352 e. The fraction of sp³-hybridized carbons (Fsp3) is 0.310. The number of amides is 2. The van der Waals surface area contributed by atoms with E-state index in [1.165, 1.54) is 29.2 Å². The summed E-state index contributed by atoms with van der Waals surface area (Å²) in [6.45, 7) is 6.76. The van der Waals surface area contributed by atoms with Crippen LogP contribution in [0.5, 0.6) is 0 Å². The second-order valence-corrected chi connectivity index (χ2v) is 12.8. The van der Waals surface area contributed by atoms with Crippen LogP contribution < -0.4 is 9.62 Å². The van der Waals surface area contributed by atoms with Gasteiger partial charge in [-0.1, -0.05) is 59.9 Å². The van der Waals surface area contributed by atoms with Crippen LogP contribution in [-0.2, 0) is 26.2 Å². The van der Waals surface area contributed by atoms with Crippen LogP contribution in [0.25, 0.3) is 0 Å². The maximum atomic E-state index is 14.1. The molecule has 0 saturated carbocycles. The molecule has 1 atom stereocenters. The topological polar surface area (TPSA) is 86.8 Å². The Kier molecular flexibility index (Phi) is 10.9. The fourth-order valence-corrected chi connectivity index (χ4v) is 6.03. The molecule has 0 saturated heterocycles. The monoisotopic (exact) mass is 623 g/mol. The Hall–Kier alpha value is -2.78. The number of sulfonamides is 1. The van der Waals surface area contributed by atoms with Crippen molar-refractivity contribution in [2.45, 2.75) is 57.6 Å². The van der Waals surface area contributed by atoms with Crippen LogP contribution >= 0.6 is 34.8 Å². The molecule has 0 aliphatic carbocycles. The zero-order valence-corrected chi connectivity index (χ0v) is 25.8. The van der Waals surface area contributed by atoms with Crippen molar-refractivity contribution in [1.82, 2.24) is 10.2 Å². The molecule has 0 unspecified atom stereocenters. The first-order valence-electron chi connectivity index (χ1n) is 12.7. The van der Waals surface area contributed by atoms with Gasteiger partial charge in [0.15, 0.2) is 0 Å². The van der Waals surface area contributed by atoms with E-state index in [2.05, 4.69) is 5.32 Å². The lowest BCUT2D eigenvalue weighted by Crippen LogP contribution is -2.53. The Labute approximate surface area is 251 Å².